The van der Waals surface area contributed by atoms with Gasteiger partial charge in [-0.3, -0.25) is 9.59 Å². The molecule has 1 saturated heterocycles. The maximum atomic E-state index is 12.5. The van der Waals surface area contributed by atoms with E-state index in [0.717, 1.165) is 6.42 Å². The van der Waals surface area contributed by atoms with Crippen LogP contribution in [0.1, 0.15) is 34.5 Å². The first kappa shape index (κ1) is 15.9. The van der Waals surface area contributed by atoms with Crippen LogP contribution in [0.5, 0.6) is 0 Å². The minimum atomic E-state index is -0.357. The van der Waals surface area contributed by atoms with Gasteiger partial charge in [-0.05, 0) is 29.7 Å². The molecule has 3 heterocycles. The Morgan fingerprint density at radius 1 is 1.20 bits per heavy atom. The van der Waals surface area contributed by atoms with E-state index in [0.29, 0.717) is 26.2 Å². The third kappa shape index (κ3) is 2.93. The summed E-state index contributed by atoms with van der Waals surface area (Å²) in [4.78, 5) is 26.1. The Labute approximate surface area is 145 Å². The van der Waals surface area contributed by atoms with E-state index in [9.17, 15) is 9.59 Å². The van der Waals surface area contributed by atoms with E-state index in [1.807, 2.05) is 17.0 Å². The Morgan fingerprint density at radius 3 is 2.92 bits per heavy atom. The van der Waals surface area contributed by atoms with Gasteiger partial charge in [0.25, 0.3) is 5.91 Å². The van der Waals surface area contributed by atoms with Crippen molar-refractivity contribution in [1.29, 1.82) is 0 Å². The topological polar surface area (TPSA) is 71.8 Å². The van der Waals surface area contributed by atoms with Crippen molar-refractivity contribution in [3.63, 3.8) is 0 Å². The number of rotatable bonds is 4. The number of amides is 2. The maximum absolute atomic E-state index is 12.5. The Balaban J connectivity index is 1.32. The number of furan rings is 1. The molecule has 25 heavy (non-hydrogen) atoms. The van der Waals surface area contributed by atoms with Gasteiger partial charge in [0, 0.05) is 19.5 Å². The van der Waals surface area contributed by atoms with Crippen LogP contribution < -0.4 is 5.32 Å². The summed E-state index contributed by atoms with van der Waals surface area (Å²) in [7, 11) is 0. The van der Waals surface area contributed by atoms with E-state index in [2.05, 4.69) is 17.4 Å². The summed E-state index contributed by atoms with van der Waals surface area (Å²) in [6.07, 6.45) is 2.53. The average molecular weight is 340 g/mol. The van der Waals surface area contributed by atoms with Crippen LogP contribution in [0.4, 0.5) is 0 Å². The molecule has 0 unspecified atom stereocenters. The molecule has 1 aromatic heterocycles. The number of nitrogens with one attached hydrogen (secondary N) is 1. The van der Waals surface area contributed by atoms with Crippen LogP contribution in [0.25, 0.3) is 0 Å². The second-order valence-electron chi connectivity index (χ2n) is 6.49. The van der Waals surface area contributed by atoms with E-state index >= 15 is 0 Å². The largest absolute Gasteiger partial charge is 0.459 e. The fraction of sp³-hybridized carbons (Fsp3) is 0.368. The summed E-state index contributed by atoms with van der Waals surface area (Å²) in [6, 6.07) is 11.5. The number of carbonyl (C=O) groups excluding carboxylic acids is 2. The van der Waals surface area contributed by atoms with Crippen molar-refractivity contribution in [2.45, 2.75) is 25.0 Å². The van der Waals surface area contributed by atoms with Gasteiger partial charge in [-0.25, -0.2) is 0 Å². The first-order valence-corrected chi connectivity index (χ1v) is 8.50. The molecule has 1 atom stereocenters. The standard InChI is InChI=1S/C19H20N2O4/c22-17(7-9-20-18(23)16-6-3-11-24-16)21-10-8-19(13-21)15-5-2-1-4-14(15)12-25-19/h1-6,11H,7-10,12-13H2,(H,20,23)/t19-/m1/s1. The lowest BCUT2D eigenvalue weighted by Gasteiger charge is -2.24. The molecule has 2 amide bonds. The predicted molar refractivity (Wildman–Crippen MR) is 89.8 cm³/mol. The first-order valence-electron chi connectivity index (χ1n) is 8.50. The van der Waals surface area contributed by atoms with Crippen molar-refractivity contribution in [3.05, 3.63) is 59.5 Å². The summed E-state index contributed by atoms with van der Waals surface area (Å²) < 4.78 is 11.1. The fourth-order valence-corrected chi connectivity index (χ4v) is 3.65. The molecule has 4 rings (SSSR count). The lowest BCUT2D eigenvalue weighted by atomic mass is 9.92. The number of carbonyl (C=O) groups is 2. The number of ether oxygens (including phenoxy) is 1. The fourth-order valence-electron chi connectivity index (χ4n) is 3.65. The second-order valence-corrected chi connectivity index (χ2v) is 6.49. The van der Waals surface area contributed by atoms with Crippen LogP contribution in [-0.2, 0) is 21.7 Å². The van der Waals surface area contributed by atoms with Gasteiger partial charge < -0.3 is 19.4 Å². The highest BCUT2D eigenvalue weighted by Gasteiger charge is 2.46. The Bertz CT molecular complexity index is 786. The first-order chi connectivity index (χ1) is 12.2. The number of benzene rings is 1. The number of likely N-dealkylation sites (tertiary alicyclic amines) is 1. The Hall–Kier alpha value is -2.60. The van der Waals surface area contributed by atoms with Crippen molar-refractivity contribution in [3.8, 4) is 0 Å². The molecule has 130 valence electrons. The predicted octanol–water partition coefficient (Wildman–Crippen LogP) is 2.06. The third-order valence-electron chi connectivity index (χ3n) is 4.97. The molecule has 2 aliphatic rings. The van der Waals surface area contributed by atoms with Gasteiger partial charge in [0.15, 0.2) is 5.76 Å². The monoisotopic (exact) mass is 340 g/mol. The van der Waals surface area contributed by atoms with Gasteiger partial charge in [0.05, 0.1) is 19.4 Å². The summed E-state index contributed by atoms with van der Waals surface area (Å²) >= 11 is 0. The van der Waals surface area contributed by atoms with Gasteiger partial charge >= 0.3 is 0 Å². The van der Waals surface area contributed by atoms with Gasteiger partial charge in [-0.15, -0.1) is 0 Å². The molecule has 0 saturated carbocycles. The SMILES string of the molecule is O=C(NCCC(=O)N1CC[C@]2(C1)OCc1ccccc12)c1ccco1. The molecular formula is C19H20N2O4. The van der Waals surface area contributed by atoms with Crippen molar-refractivity contribution in [2.75, 3.05) is 19.6 Å². The highest BCUT2D eigenvalue weighted by molar-refractivity contribution is 5.91. The molecule has 0 aliphatic carbocycles. The normalized spacial score (nSPS) is 21.5. The van der Waals surface area contributed by atoms with E-state index in [4.69, 9.17) is 9.15 Å². The summed E-state index contributed by atoms with van der Waals surface area (Å²) in [6.45, 7) is 2.16. The van der Waals surface area contributed by atoms with Crippen LogP contribution >= 0.6 is 0 Å². The van der Waals surface area contributed by atoms with Crippen molar-refractivity contribution >= 4 is 11.8 Å². The summed E-state index contributed by atoms with van der Waals surface area (Å²) in [5.74, 6) is -0.0168. The number of hydrogen-bond donors (Lipinski definition) is 1. The van der Waals surface area contributed by atoms with Gasteiger partial charge in [0.2, 0.25) is 5.91 Å². The van der Waals surface area contributed by atoms with Crippen LogP contribution in [0, 0.1) is 0 Å². The van der Waals surface area contributed by atoms with Crippen molar-refractivity contribution in [2.24, 2.45) is 0 Å². The minimum absolute atomic E-state index is 0.0320. The van der Waals surface area contributed by atoms with Crippen molar-refractivity contribution in [1.82, 2.24) is 10.2 Å². The van der Waals surface area contributed by atoms with E-state index < -0.39 is 0 Å². The van der Waals surface area contributed by atoms with Crippen LogP contribution in [0.2, 0.25) is 0 Å². The van der Waals surface area contributed by atoms with Gasteiger partial charge in [0.1, 0.15) is 5.60 Å². The van der Waals surface area contributed by atoms with Gasteiger partial charge in [-0.1, -0.05) is 24.3 Å². The van der Waals surface area contributed by atoms with Crippen molar-refractivity contribution < 1.29 is 18.7 Å². The zero-order chi connectivity index (χ0) is 17.3. The molecule has 6 heteroatoms. The molecule has 6 nitrogen and oxygen atoms in total. The molecule has 0 bridgehead atoms. The van der Waals surface area contributed by atoms with Crippen LogP contribution in [-0.4, -0.2) is 36.3 Å². The molecule has 0 radical (unpaired) electrons. The Kier molecular flexibility index (Phi) is 4.05. The quantitative estimate of drug-likeness (QED) is 0.925. The smallest absolute Gasteiger partial charge is 0.286 e. The molecule has 2 aliphatic heterocycles. The highest BCUT2D eigenvalue weighted by atomic mass is 16.5. The molecule has 1 fully saturated rings. The lowest BCUT2D eigenvalue weighted by Crippen LogP contribution is -2.36. The summed E-state index contributed by atoms with van der Waals surface area (Å²) in [5.41, 5.74) is 2.06. The van der Waals surface area contributed by atoms with Crippen LogP contribution in [0.15, 0.2) is 47.1 Å². The average Bonchev–Trinajstić information content (AvgIpc) is 3.37. The van der Waals surface area contributed by atoms with E-state index in [1.165, 1.54) is 17.4 Å². The highest BCUT2D eigenvalue weighted by Crippen LogP contribution is 2.43. The minimum Gasteiger partial charge on any atom is -0.459 e. The Morgan fingerprint density at radius 2 is 2.08 bits per heavy atom. The number of hydrogen-bond acceptors (Lipinski definition) is 4. The third-order valence-corrected chi connectivity index (χ3v) is 4.97. The zero-order valence-electron chi connectivity index (χ0n) is 13.9. The molecule has 2 aromatic rings. The molecule has 1 aromatic carbocycles. The number of nitrogens with zero attached hydrogens (tertiary/aromatic N) is 1. The van der Waals surface area contributed by atoms with E-state index in [-0.39, 0.29) is 29.6 Å². The number of fused-ring (bicyclic) bond motifs is 2. The van der Waals surface area contributed by atoms with E-state index in [1.54, 1.807) is 12.1 Å². The zero-order valence-corrected chi connectivity index (χ0v) is 13.9. The molecular weight excluding hydrogens is 320 g/mol. The molecule has 1 spiro atoms. The molecule has 1 N–H and O–H groups in total. The second kappa shape index (κ2) is 6.37. The maximum Gasteiger partial charge on any atom is 0.286 e. The van der Waals surface area contributed by atoms with Crippen LogP contribution in [0.3, 0.4) is 0 Å². The summed E-state index contributed by atoms with van der Waals surface area (Å²) in [5, 5.41) is 2.70. The lowest BCUT2D eigenvalue weighted by molar-refractivity contribution is -0.131. The van der Waals surface area contributed by atoms with Gasteiger partial charge in [-0.2, -0.15) is 0 Å².